The number of benzene rings is 1. The third-order valence-corrected chi connectivity index (χ3v) is 3.85. The Kier molecular flexibility index (Phi) is 7.68. The fourth-order valence-corrected chi connectivity index (χ4v) is 2.42. The molecule has 0 saturated heterocycles. The Labute approximate surface area is 156 Å². The van der Waals surface area contributed by atoms with Crippen molar-refractivity contribution in [3.8, 4) is 11.5 Å². The van der Waals surface area contributed by atoms with Crippen molar-refractivity contribution in [1.82, 2.24) is 0 Å². The van der Waals surface area contributed by atoms with E-state index in [0.717, 1.165) is 29.1 Å². The molecular formula is C20H31N3O3. The summed E-state index contributed by atoms with van der Waals surface area (Å²) in [4.78, 5) is 15.3. The van der Waals surface area contributed by atoms with Crippen LogP contribution in [0.1, 0.15) is 41.0 Å². The van der Waals surface area contributed by atoms with Crippen LogP contribution in [0.3, 0.4) is 0 Å². The van der Waals surface area contributed by atoms with E-state index in [1.807, 2.05) is 32.0 Å². The molecule has 26 heavy (non-hydrogen) atoms. The molecule has 1 amide bonds. The average molecular weight is 361 g/mol. The Bertz CT molecular complexity index is 701. The lowest BCUT2D eigenvalue weighted by atomic mass is 9.88. The lowest BCUT2D eigenvalue weighted by Crippen LogP contribution is -2.17. The van der Waals surface area contributed by atoms with Crippen molar-refractivity contribution in [3.05, 3.63) is 29.5 Å². The number of nitrogens with two attached hydrogens (primary N) is 1. The van der Waals surface area contributed by atoms with Crippen LogP contribution in [-0.4, -0.2) is 32.4 Å². The molecular weight excluding hydrogens is 330 g/mol. The van der Waals surface area contributed by atoms with Crippen molar-refractivity contribution in [2.24, 2.45) is 16.1 Å². The first kappa shape index (κ1) is 21.5. The summed E-state index contributed by atoms with van der Waals surface area (Å²) in [5.41, 5.74) is 8.99. The van der Waals surface area contributed by atoms with E-state index in [4.69, 9.17) is 15.2 Å². The van der Waals surface area contributed by atoms with Gasteiger partial charge >= 0.3 is 0 Å². The molecule has 0 heterocycles. The number of ether oxygens (including phenoxy) is 2. The Morgan fingerprint density at radius 2 is 1.77 bits per heavy atom. The molecule has 0 bridgehead atoms. The highest BCUT2D eigenvalue weighted by atomic mass is 16.5. The van der Waals surface area contributed by atoms with E-state index < -0.39 is 5.91 Å². The normalized spacial score (nSPS) is 13.1. The number of hydrogen-bond donors (Lipinski definition) is 2. The fourth-order valence-electron chi connectivity index (χ4n) is 2.42. The molecule has 0 aliphatic carbocycles. The quantitative estimate of drug-likeness (QED) is 0.690. The standard InChI is InChI=1S/C20H31N3O3/c1-13(14(2)22-12-19(21)24)16(11-20(3,4)5)23-15-8-9-17(25-6)18(10-15)26-7/h8-10,23H,11-12H2,1-7H3,(H2,21,24)/b16-13+,22-14?. The minimum atomic E-state index is -0.442. The molecule has 0 aliphatic rings. The smallest absolute Gasteiger partial charge is 0.239 e. The number of anilines is 1. The van der Waals surface area contributed by atoms with Gasteiger partial charge in [-0.15, -0.1) is 0 Å². The van der Waals surface area contributed by atoms with Crippen molar-refractivity contribution in [3.63, 3.8) is 0 Å². The number of aliphatic imine (C=N–C) groups is 1. The van der Waals surface area contributed by atoms with Crippen molar-refractivity contribution >= 4 is 17.3 Å². The molecule has 0 radical (unpaired) electrons. The van der Waals surface area contributed by atoms with Gasteiger partial charge in [0, 0.05) is 23.2 Å². The second-order valence-corrected chi connectivity index (χ2v) is 7.40. The molecule has 6 heteroatoms. The van der Waals surface area contributed by atoms with Gasteiger partial charge in [-0.2, -0.15) is 0 Å². The Hall–Kier alpha value is -2.50. The van der Waals surface area contributed by atoms with Gasteiger partial charge in [-0.25, -0.2) is 0 Å². The van der Waals surface area contributed by atoms with Gasteiger partial charge in [0.25, 0.3) is 0 Å². The first-order valence-electron chi connectivity index (χ1n) is 8.56. The van der Waals surface area contributed by atoms with Crippen LogP contribution in [0.5, 0.6) is 11.5 Å². The SMILES string of the molecule is COc1ccc(N/C(CC(C)(C)C)=C(\C)C(C)=NCC(N)=O)cc1OC. The van der Waals surface area contributed by atoms with Crippen molar-refractivity contribution < 1.29 is 14.3 Å². The number of nitrogens with zero attached hydrogens (tertiary/aromatic N) is 1. The molecule has 0 spiro atoms. The van der Waals surface area contributed by atoms with Crippen LogP contribution in [0.2, 0.25) is 0 Å². The molecule has 1 aromatic carbocycles. The summed E-state index contributed by atoms with van der Waals surface area (Å²) in [7, 11) is 3.22. The summed E-state index contributed by atoms with van der Waals surface area (Å²) < 4.78 is 10.7. The zero-order valence-electron chi connectivity index (χ0n) is 16.9. The summed E-state index contributed by atoms with van der Waals surface area (Å²) in [6.07, 6.45) is 0.816. The van der Waals surface area contributed by atoms with E-state index in [1.165, 1.54) is 0 Å². The van der Waals surface area contributed by atoms with E-state index in [-0.39, 0.29) is 12.0 Å². The predicted molar refractivity (Wildman–Crippen MR) is 107 cm³/mol. The van der Waals surface area contributed by atoms with Crippen LogP contribution < -0.4 is 20.5 Å². The summed E-state index contributed by atoms with van der Waals surface area (Å²) in [6, 6.07) is 5.69. The van der Waals surface area contributed by atoms with E-state index in [9.17, 15) is 4.79 Å². The average Bonchev–Trinajstić information content (AvgIpc) is 2.56. The van der Waals surface area contributed by atoms with Gasteiger partial charge in [0.2, 0.25) is 5.91 Å². The first-order valence-corrected chi connectivity index (χ1v) is 8.56. The Balaban J connectivity index is 3.24. The third kappa shape index (κ3) is 6.78. The number of amides is 1. The zero-order chi connectivity index (χ0) is 19.9. The van der Waals surface area contributed by atoms with Crippen LogP contribution in [-0.2, 0) is 4.79 Å². The van der Waals surface area contributed by atoms with Crippen LogP contribution in [0.25, 0.3) is 0 Å². The summed E-state index contributed by atoms with van der Waals surface area (Å²) >= 11 is 0. The zero-order valence-corrected chi connectivity index (χ0v) is 16.9. The van der Waals surface area contributed by atoms with Gasteiger partial charge in [-0.3, -0.25) is 9.79 Å². The second kappa shape index (κ2) is 9.27. The third-order valence-electron chi connectivity index (χ3n) is 3.85. The molecule has 0 saturated carbocycles. The maximum absolute atomic E-state index is 11.0. The Morgan fingerprint density at radius 1 is 1.15 bits per heavy atom. The minimum absolute atomic E-state index is 0.0116. The van der Waals surface area contributed by atoms with E-state index in [2.05, 4.69) is 31.1 Å². The van der Waals surface area contributed by atoms with E-state index in [0.29, 0.717) is 11.5 Å². The monoisotopic (exact) mass is 361 g/mol. The van der Waals surface area contributed by atoms with Gasteiger partial charge in [-0.05, 0) is 43.4 Å². The maximum Gasteiger partial charge on any atom is 0.239 e. The molecule has 6 nitrogen and oxygen atoms in total. The molecule has 3 N–H and O–H groups in total. The lowest BCUT2D eigenvalue weighted by Gasteiger charge is -2.24. The molecule has 1 aromatic rings. The van der Waals surface area contributed by atoms with Gasteiger partial charge in [0.05, 0.1) is 14.2 Å². The van der Waals surface area contributed by atoms with Crippen LogP contribution in [0.15, 0.2) is 34.5 Å². The molecule has 0 aromatic heterocycles. The van der Waals surface area contributed by atoms with Crippen molar-refractivity contribution in [2.45, 2.75) is 41.0 Å². The van der Waals surface area contributed by atoms with Gasteiger partial charge in [-0.1, -0.05) is 20.8 Å². The number of rotatable bonds is 8. The van der Waals surface area contributed by atoms with Crippen molar-refractivity contribution in [1.29, 1.82) is 0 Å². The van der Waals surface area contributed by atoms with Crippen LogP contribution in [0.4, 0.5) is 5.69 Å². The van der Waals surface area contributed by atoms with Gasteiger partial charge in [0.15, 0.2) is 11.5 Å². The topological polar surface area (TPSA) is 85.9 Å². The number of nitrogens with one attached hydrogen (secondary N) is 1. The number of methoxy groups -OCH3 is 2. The number of carbonyl (C=O) groups is 1. The lowest BCUT2D eigenvalue weighted by molar-refractivity contribution is -0.116. The number of allylic oxidation sites excluding steroid dienone is 2. The summed E-state index contributed by atoms with van der Waals surface area (Å²) in [5.74, 6) is 0.891. The predicted octanol–water partition coefficient (Wildman–Crippen LogP) is 3.77. The van der Waals surface area contributed by atoms with E-state index >= 15 is 0 Å². The molecule has 144 valence electrons. The largest absolute Gasteiger partial charge is 0.493 e. The molecule has 0 unspecified atom stereocenters. The Morgan fingerprint density at radius 3 is 2.27 bits per heavy atom. The second-order valence-electron chi connectivity index (χ2n) is 7.40. The number of hydrogen-bond acceptors (Lipinski definition) is 5. The van der Waals surface area contributed by atoms with E-state index in [1.54, 1.807) is 14.2 Å². The highest BCUT2D eigenvalue weighted by Crippen LogP contribution is 2.32. The van der Waals surface area contributed by atoms with Gasteiger partial charge in [0.1, 0.15) is 6.54 Å². The highest BCUT2D eigenvalue weighted by molar-refractivity contribution is 5.99. The molecule has 0 fully saturated rings. The molecule has 0 atom stereocenters. The fraction of sp³-hybridized carbons (Fsp3) is 0.500. The molecule has 0 aliphatic heterocycles. The minimum Gasteiger partial charge on any atom is -0.493 e. The first-order chi connectivity index (χ1) is 12.1. The maximum atomic E-state index is 11.0. The van der Waals surface area contributed by atoms with Gasteiger partial charge < -0.3 is 20.5 Å². The number of primary amides is 1. The van der Waals surface area contributed by atoms with Crippen molar-refractivity contribution in [2.75, 3.05) is 26.1 Å². The molecule has 1 rings (SSSR count). The summed E-state index contributed by atoms with van der Waals surface area (Å²) in [6.45, 7) is 10.4. The van der Waals surface area contributed by atoms with Crippen LogP contribution >= 0.6 is 0 Å². The highest BCUT2D eigenvalue weighted by Gasteiger charge is 2.17. The summed E-state index contributed by atoms with van der Waals surface area (Å²) in [5, 5.41) is 3.48. The van der Waals surface area contributed by atoms with Crippen LogP contribution in [0, 0.1) is 5.41 Å². The number of carbonyl (C=O) groups excluding carboxylic acids is 1.